The van der Waals surface area contributed by atoms with E-state index in [1.54, 1.807) is 0 Å². The maximum absolute atomic E-state index is 14.1. The summed E-state index contributed by atoms with van der Waals surface area (Å²) in [5, 5.41) is 8.80. The Morgan fingerprint density at radius 3 is 2.02 bits per heavy atom. The number of nitrogens with two attached hydrogens (primary N) is 3. The highest BCUT2D eigenvalue weighted by Crippen LogP contribution is 2.44. The van der Waals surface area contributed by atoms with E-state index in [4.69, 9.17) is 22.2 Å². The molecular formula is C42H58N8O4. The summed E-state index contributed by atoms with van der Waals surface area (Å²) in [6, 6.07) is 19.2. The molecule has 12 nitrogen and oxygen atoms in total. The van der Waals surface area contributed by atoms with Gasteiger partial charge in [0, 0.05) is 37.2 Å². The molecule has 2 aromatic carbocycles. The Morgan fingerprint density at radius 2 is 1.39 bits per heavy atom. The molecule has 0 bridgehead atoms. The molecule has 290 valence electrons. The van der Waals surface area contributed by atoms with E-state index in [2.05, 4.69) is 22.0 Å². The van der Waals surface area contributed by atoms with Crippen molar-refractivity contribution < 1.29 is 19.2 Å². The molecule has 1 aromatic heterocycles. The number of rotatable bonds is 17. The second-order valence-corrected chi connectivity index (χ2v) is 15.4. The Morgan fingerprint density at radius 1 is 0.796 bits per heavy atom. The number of nitrogens with zero attached hydrogens (tertiary/aromatic N) is 2. The van der Waals surface area contributed by atoms with Crippen molar-refractivity contribution in [2.45, 2.75) is 107 Å². The van der Waals surface area contributed by atoms with Crippen LogP contribution in [0.15, 0.2) is 79.0 Å². The van der Waals surface area contributed by atoms with Crippen molar-refractivity contribution in [3.63, 3.8) is 0 Å². The average molecular weight is 739 g/mol. The van der Waals surface area contributed by atoms with Crippen molar-refractivity contribution in [3.05, 3.63) is 101 Å². The molecule has 5 rings (SSSR count). The lowest BCUT2D eigenvalue weighted by atomic mass is 9.73. The summed E-state index contributed by atoms with van der Waals surface area (Å²) >= 11 is 0. The van der Waals surface area contributed by atoms with Gasteiger partial charge in [0.25, 0.3) is 0 Å². The molecular weight excluding hydrogens is 681 g/mol. The van der Waals surface area contributed by atoms with Gasteiger partial charge in [0.1, 0.15) is 18.1 Å². The van der Waals surface area contributed by atoms with Gasteiger partial charge in [-0.25, -0.2) is 0 Å². The summed E-state index contributed by atoms with van der Waals surface area (Å²) in [6.45, 7) is 5.41. The van der Waals surface area contributed by atoms with Gasteiger partial charge >= 0.3 is 0 Å². The van der Waals surface area contributed by atoms with Crippen LogP contribution in [0.3, 0.4) is 0 Å². The topological polar surface area (TPSA) is 199 Å². The first kappa shape index (κ1) is 40.5. The van der Waals surface area contributed by atoms with Crippen molar-refractivity contribution in [3.8, 4) is 0 Å². The highest BCUT2D eigenvalue weighted by molar-refractivity contribution is 5.95. The average Bonchev–Trinajstić information content (AvgIpc) is 3.44. The van der Waals surface area contributed by atoms with Crippen LogP contribution < -0.4 is 33.2 Å². The molecule has 1 aliphatic heterocycles. The lowest BCUT2D eigenvalue weighted by Gasteiger charge is -2.43. The van der Waals surface area contributed by atoms with Gasteiger partial charge in [-0.1, -0.05) is 80.6 Å². The van der Waals surface area contributed by atoms with Gasteiger partial charge in [-0.3, -0.25) is 24.2 Å². The van der Waals surface area contributed by atoms with Crippen molar-refractivity contribution in [2.24, 2.45) is 23.1 Å². The molecule has 2 heterocycles. The highest BCUT2D eigenvalue weighted by atomic mass is 16.2. The number of carbonyl (C=O) groups excluding carboxylic acids is 4. The quantitative estimate of drug-likeness (QED) is 0.113. The van der Waals surface area contributed by atoms with Crippen LogP contribution in [0, 0.1) is 5.92 Å². The number of aromatic nitrogens is 1. The Kier molecular flexibility index (Phi) is 14.3. The molecule has 0 saturated carbocycles. The summed E-state index contributed by atoms with van der Waals surface area (Å²) in [5.41, 5.74) is 22.5. The number of hydrogen-bond donors (Lipinski definition) is 6. The molecule has 1 unspecified atom stereocenters. The van der Waals surface area contributed by atoms with E-state index < -0.39 is 41.9 Å². The summed E-state index contributed by atoms with van der Waals surface area (Å²) in [6.07, 6.45) is 6.59. The van der Waals surface area contributed by atoms with Crippen LogP contribution in [0.2, 0.25) is 0 Å². The summed E-state index contributed by atoms with van der Waals surface area (Å²) in [4.78, 5) is 62.1. The number of fused-ring (bicyclic) bond motifs is 2. The monoisotopic (exact) mass is 738 g/mol. The van der Waals surface area contributed by atoms with Gasteiger partial charge in [0.15, 0.2) is 0 Å². The van der Waals surface area contributed by atoms with E-state index >= 15 is 0 Å². The van der Waals surface area contributed by atoms with Gasteiger partial charge in [-0.05, 0) is 86.6 Å². The van der Waals surface area contributed by atoms with E-state index in [1.807, 2.05) is 91.7 Å². The minimum atomic E-state index is -0.992. The summed E-state index contributed by atoms with van der Waals surface area (Å²) in [5.74, 6) is -1.53. The van der Waals surface area contributed by atoms with Crippen LogP contribution >= 0.6 is 0 Å². The number of unbranched alkanes of at least 4 members (excludes halogenated alkanes) is 1. The molecule has 9 N–H and O–H groups in total. The van der Waals surface area contributed by atoms with E-state index in [-0.39, 0.29) is 29.7 Å². The second kappa shape index (κ2) is 19.1. The first-order valence-electron chi connectivity index (χ1n) is 19.4. The fourth-order valence-corrected chi connectivity index (χ4v) is 7.91. The lowest BCUT2D eigenvalue weighted by Crippen LogP contribution is -2.59. The van der Waals surface area contributed by atoms with Gasteiger partial charge in [-0.2, -0.15) is 0 Å². The van der Waals surface area contributed by atoms with Crippen LogP contribution in [0.5, 0.6) is 0 Å². The largest absolute Gasteiger partial charge is 0.343 e. The molecule has 1 aliphatic carbocycles. The van der Waals surface area contributed by atoms with Gasteiger partial charge in [0.2, 0.25) is 23.6 Å². The maximum Gasteiger partial charge on any atom is 0.245 e. The number of pyridine rings is 1. The molecule has 5 atom stereocenters. The van der Waals surface area contributed by atoms with Crippen molar-refractivity contribution in [1.29, 1.82) is 0 Å². The second-order valence-electron chi connectivity index (χ2n) is 15.4. The molecule has 3 aromatic rings. The summed E-state index contributed by atoms with van der Waals surface area (Å²) < 4.78 is 0. The predicted molar refractivity (Wildman–Crippen MR) is 210 cm³/mol. The lowest BCUT2D eigenvalue weighted by molar-refractivity contribution is -0.139. The van der Waals surface area contributed by atoms with Crippen molar-refractivity contribution >= 4 is 23.6 Å². The minimum Gasteiger partial charge on any atom is -0.343 e. The molecule has 4 amide bonds. The summed E-state index contributed by atoms with van der Waals surface area (Å²) in [7, 11) is 0. The van der Waals surface area contributed by atoms with Crippen LogP contribution in [0.25, 0.3) is 0 Å². The molecule has 1 spiro atoms. The standard InChI is InChI=1S/C42H58N8O4/c1-28(2)24-34(49-40(53)35(26-30-14-7-4-8-15-30)48-38(51)32(44)25-29-12-5-3-6-13-29)39(52)47-33(17-9-10-20-43)41(54)50-22-18-42(19-23-50)36(45)27-31-16-11-21-46-37(31)42/h3-8,11-16,21,28,32-36H,9-10,17-20,22-27,43-45H2,1-2H3,(H,47,52)(H,48,51)(H,49,53)/t32-,33-,34-,35-,36?/m1/s1. The minimum absolute atomic E-state index is 0.0410. The zero-order chi connectivity index (χ0) is 38.7. The Bertz CT molecular complexity index is 1700. The number of piperidine rings is 1. The third-order valence-corrected chi connectivity index (χ3v) is 10.9. The highest BCUT2D eigenvalue weighted by Gasteiger charge is 2.49. The van der Waals surface area contributed by atoms with Crippen LogP contribution in [0.4, 0.5) is 0 Å². The van der Waals surface area contributed by atoms with E-state index in [0.29, 0.717) is 64.6 Å². The molecule has 12 heteroatoms. The zero-order valence-electron chi connectivity index (χ0n) is 31.7. The van der Waals surface area contributed by atoms with Gasteiger partial charge in [-0.15, -0.1) is 0 Å². The molecule has 2 aliphatic rings. The smallest absolute Gasteiger partial charge is 0.245 e. The van der Waals surface area contributed by atoms with E-state index in [0.717, 1.165) is 23.2 Å². The number of benzene rings is 2. The van der Waals surface area contributed by atoms with Gasteiger partial charge in [0.05, 0.1) is 11.7 Å². The van der Waals surface area contributed by atoms with E-state index in [1.165, 1.54) is 5.56 Å². The molecule has 0 radical (unpaired) electrons. The first-order valence-corrected chi connectivity index (χ1v) is 19.4. The van der Waals surface area contributed by atoms with Crippen molar-refractivity contribution in [2.75, 3.05) is 19.6 Å². The van der Waals surface area contributed by atoms with Crippen molar-refractivity contribution in [1.82, 2.24) is 25.8 Å². The zero-order valence-corrected chi connectivity index (χ0v) is 31.7. The third kappa shape index (κ3) is 10.3. The first-order chi connectivity index (χ1) is 26.0. The third-order valence-electron chi connectivity index (χ3n) is 10.9. The Labute approximate surface area is 319 Å². The maximum atomic E-state index is 14.1. The number of likely N-dealkylation sites (tertiary alicyclic amines) is 1. The van der Waals surface area contributed by atoms with Crippen LogP contribution in [0.1, 0.15) is 74.8 Å². The van der Waals surface area contributed by atoms with Crippen LogP contribution in [-0.4, -0.2) is 83.4 Å². The number of hydrogen-bond acceptors (Lipinski definition) is 8. The fourth-order valence-electron chi connectivity index (χ4n) is 7.91. The number of amides is 4. The predicted octanol–water partition coefficient (Wildman–Crippen LogP) is 2.27. The number of carbonyl (C=O) groups is 4. The SMILES string of the molecule is CC(C)C[C@@H](NC(=O)[C@@H](Cc1ccccc1)NC(=O)[C@H](N)Cc1ccccc1)C(=O)N[C@H](CCCCN)C(=O)N1CCC2(CC1)c1ncccc1CC2N. The van der Waals surface area contributed by atoms with Gasteiger partial charge < -0.3 is 38.1 Å². The molecule has 1 fully saturated rings. The number of nitrogens with one attached hydrogen (secondary N) is 3. The Balaban J connectivity index is 1.28. The fraction of sp³-hybridized carbons (Fsp3) is 0.500. The normalized spacial score (nSPS) is 18.3. The van der Waals surface area contributed by atoms with E-state index in [9.17, 15) is 19.2 Å². The Hall–Kier alpha value is -4.65. The molecule has 1 saturated heterocycles. The van der Waals surface area contributed by atoms with Crippen LogP contribution in [-0.2, 0) is 43.9 Å². The molecule has 54 heavy (non-hydrogen) atoms.